The molecule has 2 aromatic rings. The molecule has 0 bridgehead atoms. The second-order valence-corrected chi connectivity index (χ2v) is 5.89. The molecule has 5 nitrogen and oxygen atoms in total. The first-order valence-corrected chi connectivity index (χ1v) is 7.36. The fraction of sp³-hybridized carbons (Fsp3) is 0. The van der Waals surface area contributed by atoms with Gasteiger partial charge in [0.1, 0.15) is 0 Å². The SMILES string of the molecule is NC(=O)c1ccc(Nc2ccc(C(=O)O)cc2Br)c(Br)c1. The minimum Gasteiger partial charge on any atom is -0.478 e. The van der Waals surface area contributed by atoms with Crippen molar-refractivity contribution in [1.29, 1.82) is 0 Å². The molecule has 0 spiro atoms. The van der Waals surface area contributed by atoms with Gasteiger partial charge in [-0.15, -0.1) is 0 Å². The lowest BCUT2D eigenvalue weighted by molar-refractivity contribution is 0.0696. The van der Waals surface area contributed by atoms with Crippen molar-refractivity contribution in [3.63, 3.8) is 0 Å². The van der Waals surface area contributed by atoms with Gasteiger partial charge in [-0.1, -0.05) is 0 Å². The number of benzene rings is 2. The smallest absolute Gasteiger partial charge is 0.335 e. The Kier molecular flexibility index (Phi) is 4.64. The highest BCUT2D eigenvalue weighted by molar-refractivity contribution is 9.11. The van der Waals surface area contributed by atoms with Crippen LogP contribution in [0.25, 0.3) is 0 Å². The van der Waals surface area contributed by atoms with E-state index >= 15 is 0 Å². The number of carboxylic acid groups (broad SMARTS) is 1. The Bertz CT molecular complexity index is 671. The molecule has 0 aliphatic carbocycles. The highest BCUT2D eigenvalue weighted by atomic mass is 79.9. The molecule has 4 N–H and O–H groups in total. The molecular formula is C14H10Br2N2O3. The Hall–Kier alpha value is -1.86. The fourth-order valence-corrected chi connectivity index (χ4v) is 2.62. The predicted octanol–water partition coefficient (Wildman–Crippen LogP) is 3.75. The predicted molar refractivity (Wildman–Crippen MR) is 87.0 cm³/mol. The number of amides is 1. The Morgan fingerprint density at radius 3 is 1.86 bits per heavy atom. The van der Waals surface area contributed by atoms with Gasteiger partial charge in [0.2, 0.25) is 5.91 Å². The number of anilines is 2. The Morgan fingerprint density at radius 2 is 1.43 bits per heavy atom. The summed E-state index contributed by atoms with van der Waals surface area (Å²) in [5.74, 6) is -1.50. The van der Waals surface area contributed by atoms with Gasteiger partial charge in [0.05, 0.1) is 16.9 Å². The summed E-state index contributed by atoms with van der Waals surface area (Å²) in [4.78, 5) is 22.0. The molecule has 0 atom stereocenters. The monoisotopic (exact) mass is 412 g/mol. The molecule has 0 heterocycles. The van der Waals surface area contributed by atoms with Gasteiger partial charge in [-0.2, -0.15) is 0 Å². The number of nitrogens with one attached hydrogen (secondary N) is 1. The summed E-state index contributed by atoms with van der Waals surface area (Å²) < 4.78 is 1.29. The van der Waals surface area contributed by atoms with E-state index < -0.39 is 11.9 Å². The van der Waals surface area contributed by atoms with Crippen LogP contribution in [-0.4, -0.2) is 17.0 Å². The second kappa shape index (κ2) is 6.28. The summed E-state index contributed by atoms with van der Waals surface area (Å²) in [6.45, 7) is 0. The minimum absolute atomic E-state index is 0.190. The molecule has 2 rings (SSSR count). The van der Waals surface area contributed by atoms with Crippen molar-refractivity contribution >= 4 is 55.1 Å². The molecule has 0 saturated heterocycles. The first-order chi connectivity index (χ1) is 9.88. The number of carboxylic acids is 1. The van der Waals surface area contributed by atoms with Crippen molar-refractivity contribution in [2.45, 2.75) is 0 Å². The van der Waals surface area contributed by atoms with Gasteiger partial charge in [0.25, 0.3) is 0 Å². The van der Waals surface area contributed by atoms with Crippen LogP contribution in [0.4, 0.5) is 11.4 Å². The summed E-state index contributed by atoms with van der Waals surface area (Å²) in [5.41, 5.74) is 7.22. The summed E-state index contributed by atoms with van der Waals surface area (Å²) in [7, 11) is 0. The standard InChI is InChI=1S/C14H10Br2N2O3/c15-9-5-7(13(17)19)1-3-11(9)18-12-4-2-8(14(20)21)6-10(12)16/h1-6,18H,(H2,17,19)(H,20,21). The lowest BCUT2D eigenvalue weighted by Crippen LogP contribution is -2.10. The molecule has 0 unspecified atom stereocenters. The van der Waals surface area contributed by atoms with Crippen molar-refractivity contribution in [2.75, 3.05) is 5.32 Å². The Labute approximate surface area is 137 Å². The molecule has 7 heteroatoms. The maximum absolute atomic E-state index is 11.1. The van der Waals surface area contributed by atoms with Gasteiger partial charge in [-0.05, 0) is 68.3 Å². The van der Waals surface area contributed by atoms with Gasteiger partial charge in [0, 0.05) is 14.5 Å². The van der Waals surface area contributed by atoms with Crippen molar-refractivity contribution in [1.82, 2.24) is 0 Å². The van der Waals surface area contributed by atoms with E-state index in [4.69, 9.17) is 10.8 Å². The van der Waals surface area contributed by atoms with Crippen LogP contribution in [0.3, 0.4) is 0 Å². The lowest BCUT2D eigenvalue weighted by atomic mass is 10.1. The maximum Gasteiger partial charge on any atom is 0.335 e. The molecule has 108 valence electrons. The van der Waals surface area contributed by atoms with E-state index in [0.29, 0.717) is 20.2 Å². The number of hydrogen-bond acceptors (Lipinski definition) is 3. The van der Waals surface area contributed by atoms with Crippen LogP contribution in [0.15, 0.2) is 45.3 Å². The van der Waals surface area contributed by atoms with Crippen LogP contribution in [0.1, 0.15) is 20.7 Å². The molecule has 0 radical (unpaired) electrons. The Morgan fingerprint density at radius 1 is 0.952 bits per heavy atom. The van der Waals surface area contributed by atoms with Gasteiger partial charge in [-0.25, -0.2) is 4.79 Å². The fourth-order valence-electron chi connectivity index (χ4n) is 1.66. The molecular weight excluding hydrogens is 404 g/mol. The summed E-state index contributed by atoms with van der Waals surface area (Å²) in [6, 6.07) is 9.60. The third kappa shape index (κ3) is 3.62. The number of halogens is 2. The second-order valence-electron chi connectivity index (χ2n) is 4.18. The minimum atomic E-state index is -0.991. The quantitative estimate of drug-likeness (QED) is 0.711. The van der Waals surface area contributed by atoms with Crippen LogP contribution in [0.5, 0.6) is 0 Å². The average molecular weight is 414 g/mol. The number of rotatable bonds is 4. The molecule has 0 aliphatic rings. The van der Waals surface area contributed by atoms with Crippen LogP contribution < -0.4 is 11.1 Å². The highest BCUT2D eigenvalue weighted by Crippen LogP contribution is 2.31. The normalized spacial score (nSPS) is 10.2. The number of carbonyl (C=O) groups is 2. The molecule has 2 aromatic carbocycles. The van der Waals surface area contributed by atoms with Crippen molar-refractivity contribution < 1.29 is 14.7 Å². The largest absolute Gasteiger partial charge is 0.478 e. The van der Waals surface area contributed by atoms with E-state index in [0.717, 1.165) is 5.69 Å². The number of primary amides is 1. The number of hydrogen-bond donors (Lipinski definition) is 3. The Balaban J connectivity index is 2.30. The first-order valence-electron chi connectivity index (χ1n) is 5.77. The average Bonchev–Trinajstić information content (AvgIpc) is 2.42. The van der Waals surface area contributed by atoms with Gasteiger partial charge in [-0.3, -0.25) is 4.79 Å². The van der Waals surface area contributed by atoms with E-state index in [1.165, 1.54) is 12.1 Å². The van der Waals surface area contributed by atoms with Crippen molar-refractivity contribution in [3.05, 3.63) is 56.5 Å². The van der Waals surface area contributed by atoms with E-state index in [2.05, 4.69) is 37.2 Å². The highest BCUT2D eigenvalue weighted by Gasteiger charge is 2.09. The summed E-state index contributed by atoms with van der Waals surface area (Å²) in [5, 5.41) is 12.1. The van der Waals surface area contributed by atoms with Crippen molar-refractivity contribution in [3.8, 4) is 0 Å². The topological polar surface area (TPSA) is 92.4 Å². The molecule has 0 aliphatic heterocycles. The molecule has 1 amide bonds. The molecule has 21 heavy (non-hydrogen) atoms. The lowest BCUT2D eigenvalue weighted by Gasteiger charge is -2.11. The number of aromatic carboxylic acids is 1. The van der Waals surface area contributed by atoms with Crippen LogP contribution in [0, 0.1) is 0 Å². The third-order valence-electron chi connectivity index (χ3n) is 2.74. The van der Waals surface area contributed by atoms with Gasteiger partial charge >= 0.3 is 5.97 Å². The number of carbonyl (C=O) groups excluding carboxylic acids is 1. The zero-order valence-corrected chi connectivity index (χ0v) is 13.7. The molecule has 0 aromatic heterocycles. The van der Waals surface area contributed by atoms with E-state index in [1.807, 2.05) is 0 Å². The summed E-state index contributed by atoms with van der Waals surface area (Å²) >= 11 is 6.68. The van der Waals surface area contributed by atoms with Crippen molar-refractivity contribution in [2.24, 2.45) is 5.73 Å². The summed E-state index contributed by atoms with van der Waals surface area (Å²) in [6.07, 6.45) is 0. The zero-order chi connectivity index (χ0) is 15.6. The van der Waals surface area contributed by atoms with E-state index in [1.54, 1.807) is 24.3 Å². The van der Waals surface area contributed by atoms with E-state index in [9.17, 15) is 9.59 Å². The van der Waals surface area contributed by atoms with E-state index in [-0.39, 0.29) is 5.56 Å². The third-order valence-corrected chi connectivity index (χ3v) is 4.05. The van der Waals surface area contributed by atoms with Gasteiger partial charge in [0.15, 0.2) is 0 Å². The molecule has 0 saturated carbocycles. The van der Waals surface area contributed by atoms with Crippen LogP contribution >= 0.6 is 31.9 Å². The molecule has 0 fully saturated rings. The zero-order valence-electron chi connectivity index (χ0n) is 10.6. The van der Waals surface area contributed by atoms with Crippen LogP contribution in [-0.2, 0) is 0 Å². The number of nitrogens with two attached hydrogens (primary N) is 1. The first kappa shape index (κ1) is 15.5. The van der Waals surface area contributed by atoms with Gasteiger partial charge < -0.3 is 16.2 Å². The van der Waals surface area contributed by atoms with Crippen LogP contribution in [0.2, 0.25) is 0 Å². The maximum atomic E-state index is 11.1.